The first kappa shape index (κ1) is 17.5. The van der Waals surface area contributed by atoms with E-state index in [9.17, 15) is 4.79 Å². The largest absolute Gasteiger partial charge is 0.497 e. The number of rotatable bonds is 8. The number of ether oxygens (including phenoxy) is 1. The summed E-state index contributed by atoms with van der Waals surface area (Å²) >= 11 is 0. The van der Waals surface area contributed by atoms with E-state index in [2.05, 4.69) is 27.0 Å². The molecule has 1 amide bonds. The predicted molar refractivity (Wildman–Crippen MR) is 97.6 cm³/mol. The van der Waals surface area contributed by atoms with Crippen LogP contribution in [0.15, 0.2) is 36.7 Å². The lowest BCUT2D eigenvalue weighted by Crippen LogP contribution is -2.40. The van der Waals surface area contributed by atoms with E-state index in [0.717, 1.165) is 56.6 Å². The molecule has 2 aromatic rings. The summed E-state index contributed by atoms with van der Waals surface area (Å²) in [6.45, 7) is 0.846. The van der Waals surface area contributed by atoms with Crippen LogP contribution in [0.25, 0.3) is 0 Å². The number of aryl methyl sites for hydroxylation is 2. The highest BCUT2D eigenvalue weighted by Crippen LogP contribution is 2.15. The van der Waals surface area contributed by atoms with Gasteiger partial charge in [-0.05, 0) is 43.4 Å². The van der Waals surface area contributed by atoms with Crippen LogP contribution in [0.3, 0.4) is 0 Å². The van der Waals surface area contributed by atoms with Crippen LogP contribution in [-0.4, -0.2) is 28.6 Å². The molecule has 0 aliphatic carbocycles. The number of hydrogen-bond donors (Lipinski definition) is 1. The second kappa shape index (κ2) is 8.70. The van der Waals surface area contributed by atoms with Gasteiger partial charge in [-0.25, -0.2) is 4.98 Å². The van der Waals surface area contributed by atoms with E-state index in [1.807, 2.05) is 24.5 Å². The zero-order chi connectivity index (χ0) is 17.5. The number of benzene rings is 1. The normalized spacial score (nSPS) is 16.3. The van der Waals surface area contributed by atoms with E-state index in [4.69, 9.17) is 4.74 Å². The first-order valence-electron chi connectivity index (χ1n) is 9.17. The molecule has 0 radical (unpaired) electrons. The number of nitrogens with one attached hydrogen (secondary N) is 1. The van der Waals surface area contributed by atoms with Crippen LogP contribution in [0.2, 0.25) is 0 Å². The molecule has 134 valence electrons. The Morgan fingerprint density at radius 1 is 1.28 bits per heavy atom. The second-order valence-corrected chi connectivity index (χ2v) is 6.71. The second-order valence-electron chi connectivity index (χ2n) is 6.71. The molecule has 2 heterocycles. The third kappa shape index (κ3) is 5.08. The smallest absolute Gasteiger partial charge is 0.220 e. The molecule has 0 unspecified atom stereocenters. The Bertz CT molecular complexity index is 679. The van der Waals surface area contributed by atoms with Crippen molar-refractivity contribution in [3.8, 4) is 5.75 Å². The third-order valence-corrected chi connectivity index (χ3v) is 4.83. The fourth-order valence-corrected chi connectivity index (χ4v) is 3.37. The van der Waals surface area contributed by atoms with Gasteiger partial charge in [-0.15, -0.1) is 0 Å². The summed E-state index contributed by atoms with van der Waals surface area (Å²) in [6, 6.07) is 8.46. The van der Waals surface area contributed by atoms with Gasteiger partial charge in [0.25, 0.3) is 0 Å². The summed E-state index contributed by atoms with van der Waals surface area (Å²) in [4.78, 5) is 16.4. The monoisotopic (exact) mass is 341 g/mol. The van der Waals surface area contributed by atoms with E-state index in [0.29, 0.717) is 6.42 Å². The lowest BCUT2D eigenvalue weighted by molar-refractivity contribution is -0.122. The minimum atomic E-state index is 0.179. The molecule has 1 aromatic carbocycles. The van der Waals surface area contributed by atoms with Crippen LogP contribution >= 0.6 is 0 Å². The standard InChI is InChI=1S/C20H27N3O2/c1-25-18-10-7-16(8-11-18)5-3-2-4-6-20(24)22-17-9-12-19-21-13-14-23(19)15-17/h7-8,10-11,13-14,17H,2-6,9,12,15H2,1H3,(H,22,24)/t17-/m1/s1. The average Bonchev–Trinajstić information content (AvgIpc) is 3.09. The number of methoxy groups -OCH3 is 1. The van der Waals surface area contributed by atoms with Gasteiger partial charge in [0, 0.05) is 37.8 Å². The van der Waals surface area contributed by atoms with Crippen LogP contribution in [-0.2, 0) is 24.2 Å². The fraction of sp³-hybridized carbons (Fsp3) is 0.500. The van der Waals surface area contributed by atoms with E-state index in [-0.39, 0.29) is 11.9 Å². The number of nitrogens with zero attached hydrogens (tertiary/aromatic N) is 2. The summed E-state index contributed by atoms with van der Waals surface area (Å²) in [5.74, 6) is 2.20. The van der Waals surface area contributed by atoms with Gasteiger partial charge in [0.2, 0.25) is 5.91 Å². The highest BCUT2D eigenvalue weighted by molar-refractivity contribution is 5.76. The summed E-state index contributed by atoms with van der Waals surface area (Å²) < 4.78 is 7.31. The van der Waals surface area contributed by atoms with Crippen molar-refractivity contribution < 1.29 is 9.53 Å². The van der Waals surface area contributed by atoms with Gasteiger partial charge in [0.15, 0.2) is 0 Å². The number of fused-ring (bicyclic) bond motifs is 1. The van der Waals surface area contributed by atoms with Crippen molar-refractivity contribution in [3.63, 3.8) is 0 Å². The number of hydrogen-bond acceptors (Lipinski definition) is 3. The molecular formula is C20H27N3O2. The number of unbranched alkanes of at least 4 members (excludes halogenated alkanes) is 2. The topological polar surface area (TPSA) is 56.1 Å². The molecule has 0 bridgehead atoms. The Balaban J connectivity index is 1.29. The van der Waals surface area contributed by atoms with Gasteiger partial charge in [-0.1, -0.05) is 18.6 Å². The van der Waals surface area contributed by atoms with E-state index < -0.39 is 0 Å². The molecule has 1 N–H and O–H groups in total. The van der Waals surface area contributed by atoms with E-state index in [1.165, 1.54) is 5.56 Å². The Hall–Kier alpha value is -2.30. The molecule has 1 atom stereocenters. The van der Waals surface area contributed by atoms with Gasteiger partial charge in [-0.2, -0.15) is 0 Å². The van der Waals surface area contributed by atoms with Crippen molar-refractivity contribution in [3.05, 3.63) is 48.0 Å². The minimum Gasteiger partial charge on any atom is -0.497 e. The summed E-state index contributed by atoms with van der Waals surface area (Å²) in [6.07, 6.45) is 10.6. The van der Waals surface area contributed by atoms with Gasteiger partial charge in [0.05, 0.1) is 7.11 Å². The molecule has 1 aliphatic heterocycles. The number of carbonyl (C=O) groups excluding carboxylic acids is 1. The van der Waals surface area contributed by atoms with Crippen LogP contribution in [0.5, 0.6) is 5.75 Å². The Morgan fingerprint density at radius 2 is 2.12 bits per heavy atom. The minimum absolute atomic E-state index is 0.179. The molecule has 0 spiro atoms. The predicted octanol–water partition coefficient (Wildman–Crippen LogP) is 3.13. The van der Waals surface area contributed by atoms with Crippen LogP contribution in [0, 0.1) is 0 Å². The van der Waals surface area contributed by atoms with E-state index >= 15 is 0 Å². The lowest BCUT2D eigenvalue weighted by atomic mass is 10.0. The van der Waals surface area contributed by atoms with Crippen molar-refractivity contribution in [2.75, 3.05) is 7.11 Å². The Morgan fingerprint density at radius 3 is 2.92 bits per heavy atom. The molecule has 0 saturated heterocycles. The molecule has 25 heavy (non-hydrogen) atoms. The van der Waals surface area contributed by atoms with Crippen molar-refractivity contribution in [2.45, 2.75) is 57.5 Å². The molecule has 5 nitrogen and oxygen atoms in total. The molecule has 0 saturated carbocycles. The third-order valence-electron chi connectivity index (χ3n) is 4.83. The molecule has 1 aliphatic rings. The van der Waals surface area contributed by atoms with Crippen LogP contribution < -0.4 is 10.1 Å². The summed E-state index contributed by atoms with van der Waals surface area (Å²) in [5, 5.41) is 3.17. The zero-order valence-corrected chi connectivity index (χ0v) is 14.9. The molecule has 5 heteroatoms. The van der Waals surface area contributed by atoms with Gasteiger partial charge >= 0.3 is 0 Å². The van der Waals surface area contributed by atoms with Crippen molar-refractivity contribution >= 4 is 5.91 Å². The van der Waals surface area contributed by atoms with Gasteiger partial charge in [0.1, 0.15) is 11.6 Å². The Labute approximate surface area is 149 Å². The maximum absolute atomic E-state index is 12.1. The van der Waals surface area contributed by atoms with Crippen LogP contribution in [0.4, 0.5) is 0 Å². The zero-order valence-electron chi connectivity index (χ0n) is 14.9. The van der Waals surface area contributed by atoms with Crippen molar-refractivity contribution in [2.24, 2.45) is 0 Å². The van der Waals surface area contributed by atoms with Crippen molar-refractivity contribution in [1.29, 1.82) is 0 Å². The average molecular weight is 341 g/mol. The van der Waals surface area contributed by atoms with Gasteiger partial charge < -0.3 is 14.6 Å². The van der Waals surface area contributed by atoms with Gasteiger partial charge in [-0.3, -0.25) is 4.79 Å². The first-order chi connectivity index (χ1) is 12.2. The SMILES string of the molecule is COc1ccc(CCCCCC(=O)N[C@@H]2CCc3nccn3C2)cc1. The first-order valence-corrected chi connectivity index (χ1v) is 9.17. The van der Waals surface area contributed by atoms with Crippen molar-refractivity contribution in [1.82, 2.24) is 14.9 Å². The quantitative estimate of drug-likeness (QED) is 0.751. The van der Waals surface area contributed by atoms with E-state index in [1.54, 1.807) is 7.11 Å². The Kier molecular flexibility index (Phi) is 6.09. The number of carbonyl (C=O) groups is 1. The number of amides is 1. The summed E-state index contributed by atoms with van der Waals surface area (Å²) in [7, 11) is 1.68. The maximum atomic E-state index is 12.1. The molecule has 1 aromatic heterocycles. The number of aromatic nitrogens is 2. The maximum Gasteiger partial charge on any atom is 0.220 e. The molecule has 0 fully saturated rings. The lowest BCUT2D eigenvalue weighted by Gasteiger charge is -2.24. The fourth-order valence-electron chi connectivity index (χ4n) is 3.37. The molecular weight excluding hydrogens is 314 g/mol. The number of imidazole rings is 1. The summed E-state index contributed by atoms with van der Waals surface area (Å²) in [5.41, 5.74) is 1.32. The highest BCUT2D eigenvalue weighted by atomic mass is 16.5. The van der Waals surface area contributed by atoms with Crippen LogP contribution in [0.1, 0.15) is 43.5 Å². The molecule has 3 rings (SSSR count). The highest BCUT2D eigenvalue weighted by Gasteiger charge is 2.19.